The van der Waals surface area contributed by atoms with E-state index in [9.17, 15) is 9.59 Å². The highest BCUT2D eigenvalue weighted by Crippen LogP contribution is 2.38. The van der Waals surface area contributed by atoms with Crippen molar-refractivity contribution in [2.24, 2.45) is 0 Å². The molecule has 0 bridgehead atoms. The molecule has 4 rings (SSSR count). The highest BCUT2D eigenvalue weighted by molar-refractivity contribution is 7.99. The molecule has 0 aliphatic heterocycles. The highest BCUT2D eigenvalue weighted by Gasteiger charge is 2.27. The lowest BCUT2D eigenvalue weighted by Gasteiger charge is -2.11. The van der Waals surface area contributed by atoms with Crippen LogP contribution in [-0.2, 0) is 22.4 Å². The molecule has 9 heteroatoms. The minimum Gasteiger partial charge on any atom is -0.465 e. The maximum absolute atomic E-state index is 12.7. The van der Waals surface area contributed by atoms with Crippen LogP contribution in [0.5, 0.6) is 0 Å². The number of anilines is 1. The van der Waals surface area contributed by atoms with E-state index in [1.165, 1.54) is 40.6 Å². The zero-order chi connectivity index (χ0) is 22.0. The molecule has 7 nitrogen and oxygen atoms in total. The summed E-state index contributed by atoms with van der Waals surface area (Å²) >= 11 is 2.80. The zero-order valence-corrected chi connectivity index (χ0v) is 19.4. The predicted octanol–water partition coefficient (Wildman–Crippen LogP) is 4.34. The van der Waals surface area contributed by atoms with Gasteiger partial charge < -0.3 is 10.1 Å². The summed E-state index contributed by atoms with van der Waals surface area (Å²) in [6, 6.07) is 8.08. The topological polar surface area (TPSA) is 86.1 Å². The Hall–Kier alpha value is -2.65. The van der Waals surface area contributed by atoms with E-state index in [0.29, 0.717) is 15.7 Å². The summed E-state index contributed by atoms with van der Waals surface area (Å²) in [5.74, 6) is 0.334. The van der Waals surface area contributed by atoms with Gasteiger partial charge in [-0.05, 0) is 57.2 Å². The molecule has 3 aromatic rings. The molecule has 1 aromatic carbocycles. The standard InChI is InChI=1S/C22H24N4O3S2/c1-13-8-10-15(11-9-13)26-14(2)24-25-22(26)30-12-18(27)23-20-19(21(28)29-3)16-6-4-5-7-17(16)31-20/h8-11H,4-7,12H2,1-3H3,(H,23,27). The lowest BCUT2D eigenvalue weighted by Crippen LogP contribution is -2.17. The molecule has 162 valence electrons. The average Bonchev–Trinajstić information content (AvgIpc) is 3.32. The quantitative estimate of drug-likeness (QED) is 0.439. The van der Waals surface area contributed by atoms with Crippen LogP contribution in [0.3, 0.4) is 0 Å². The van der Waals surface area contributed by atoms with E-state index >= 15 is 0 Å². The number of rotatable bonds is 6. The van der Waals surface area contributed by atoms with Crippen molar-refractivity contribution in [3.63, 3.8) is 0 Å². The number of aromatic nitrogens is 3. The van der Waals surface area contributed by atoms with Crippen molar-refractivity contribution < 1.29 is 14.3 Å². The van der Waals surface area contributed by atoms with Gasteiger partial charge in [-0.2, -0.15) is 0 Å². The normalized spacial score (nSPS) is 13.0. The SMILES string of the molecule is COC(=O)c1c(NC(=O)CSc2nnc(C)n2-c2ccc(C)cc2)sc2c1CCCC2. The molecule has 1 aliphatic rings. The molecule has 2 aromatic heterocycles. The Kier molecular flexibility index (Phi) is 6.43. The van der Waals surface area contributed by atoms with Gasteiger partial charge in [0.15, 0.2) is 5.16 Å². The number of amides is 1. The number of nitrogens with zero attached hydrogens (tertiary/aromatic N) is 3. The van der Waals surface area contributed by atoms with Gasteiger partial charge in [-0.15, -0.1) is 21.5 Å². The molecule has 0 radical (unpaired) electrons. The number of hydrogen-bond acceptors (Lipinski definition) is 7. The lowest BCUT2D eigenvalue weighted by atomic mass is 9.95. The number of aryl methyl sites for hydroxylation is 3. The summed E-state index contributed by atoms with van der Waals surface area (Å²) in [7, 11) is 1.37. The number of methoxy groups -OCH3 is 1. The van der Waals surface area contributed by atoms with E-state index < -0.39 is 5.97 Å². The molecule has 2 heterocycles. The summed E-state index contributed by atoms with van der Waals surface area (Å²) in [6.07, 6.45) is 3.93. The number of hydrogen-bond donors (Lipinski definition) is 1. The molecule has 0 unspecified atom stereocenters. The molecular weight excluding hydrogens is 432 g/mol. The second-order valence-corrected chi connectivity index (χ2v) is 9.49. The number of ether oxygens (including phenoxy) is 1. The average molecular weight is 457 g/mol. The van der Waals surface area contributed by atoms with E-state index in [1.807, 2.05) is 42.7 Å². The van der Waals surface area contributed by atoms with E-state index in [2.05, 4.69) is 15.5 Å². The minimum absolute atomic E-state index is 0.160. The van der Waals surface area contributed by atoms with Crippen molar-refractivity contribution in [3.05, 3.63) is 51.7 Å². The third-order valence-electron chi connectivity index (χ3n) is 5.23. The molecule has 1 amide bonds. The number of thiophene rings is 1. The van der Waals surface area contributed by atoms with Gasteiger partial charge in [0.05, 0.1) is 18.4 Å². The number of esters is 1. The van der Waals surface area contributed by atoms with Gasteiger partial charge in [0.2, 0.25) is 5.91 Å². The Morgan fingerprint density at radius 3 is 2.65 bits per heavy atom. The first-order valence-corrected chi connectivity index (χ1v) is 11.9. The Morgan fingerprint density at radius 1 is 1.16 bits per heavy atom. The number of carbonyl (C=O) groups excluding carboxylic acids is 2. The van der Waals surface area contributed by atoms with Gasteiger partial charge in [0, 0.05) is 10.6 Å². The van der Waals surface area contributed by atoms with E-state index in [0.717, 1.165) is 42.8 Å². The maximum atomic E-state index is 12.7. The number of thioether (sulfide) groups is 1. The van der Waals surface area contributed by atoms with Gasteiger partial charge in [0.25, 0.3) is 0 Å². The van der Waals surface area contributed by atoms with Gasteiger partial charge in [-0.25, -0.2) is 4.79 Å². The van der Waals surface area contributed by atoms with E-state index in [4.69, 9.17) is 4.74 Å². The van der Waals surface area contributed by atoms with Gasteiger partial charge in [0.1, 0.15) is 10.8 Å². The molecule has 1 aliphatic carbocycles. The van der Waals surface area contributed by atoms with Crippen LogP contribution in [-0.4, -0.2) is 39.5 Å². The molecule has 1 N–H and O–H groups in total. The lowest BCUT2D eigenvalue weighted by molar-refractivity contribution is -0.113. The van der Waals surface area contributed by atoms with Crippen molar-refractivity contribution in [2.45, 2.75) is 44.7 Å². The monoisotopic (exact) mass is 456 g/mol. The number of nitrogens with one attached hydrogen (secondary N) is 1. The summed E-state index contributed by atoms with van der Waals surface area (Å²) < 4.78 is 6.91. The third kappa shape index (κ3) is 4.52. The van der Waals surface area contributed by atoms with Crippen LogP contribution < -0.4 is 5.32 Å². The number of benzene rings is 1. The molecule has 0 saturated heterocycles. The van der Waals surface area contributed by atoms with Crippen LogP contribution in [0.15, 0.2) is 29.4 Å². The second-order valence-electron chi connectivity index (χ2n) is 7.44. The summed E-state index contributed by atoms with van der Waals surface area (Å²) in [5.41, 5.74) is 3.66. The maximum Gasteiger partial charge on any atom is 0.341 e. The van der Waals surface area contributed by atoms with Gasteiger partial charge in [-0.3, -0.25) is 9.36 Å². The Morgan fingerprint density at radius 2 is 1.90 bits per heavy atom. The van der Waals surface area contributed by atoms with Crippen molar-refractivity contribution in [1.82, 2.24) is 14.8 Å². The molecule has 0 saturated carbocycles. The van der Waals surface area contributed by atoms with Crippen molar-refractivity contribution in [3.8, 4) is 5.69 Å². The minimum atomic E-state index is -0.392. The summed E-state index contributed by atoms with van der Waals surface area (Å²) in [5, 5.41) is 12.6. The molecule has 0 fully saturated rings. The first-order valence-electron chi connectivity index (χ1n) is 10.1. The van der Waals surface area contributed by atoms with Crippen molar-refractivity contribution in [2.75, 3.05) is 18.2 Å². The van der Waals surface area contributed by atoms with Gasteiger partial charge >= 0.3 is 5.97 Å². The van der Waals surface area contributed by atoms with Crippen LogP contribution >= 0.6 is 23.1 Å². The number of carbonyl (C=O) groups is 2. The fourth-order valence-electron chi connectivity index (χ4n) is 3.69. The fraction of sp³-hybridized carbons (Fsp3) is 0.364. The Labute approximate surface area is 189 Å². The van der Waals surface area contributed by atoms with Crippen LogP contribution in [0.25, 0.3) is 5.69 Å². The van der Waals surface area contributed by atoms with Crippen LogP contribution in [0, 0.1) is 13.8 Å². The second kappa shape index (κ2) is 9.23. The van der Waals surface area contributed by atoms with E-state index in [1.54, 1.807) is 0 Å². The highest BCUT2D eigenvalue weighted by atomic mass is 32.2. The third-order valence-corrected chi connectivity index (χ3v) is 7.37. The van der Waals surface area contributed by atoms with E-state index in [-0.39, 0.29) is 11.7 Å². The molecule has 0 spiro atoms. The summed E-state index contributed by atoms with van der Waals surface area (Å²) in [6.45, 7) is 3.92. The molecule has 0 atom stereocenters. The fourth-order valence-corrected chi connectivity index (χ4v) is 5.78. The van der Waals surface area contributed by atoms with Crippen LogP contribution in [0.2, 0.25) is 0 Å². The van der Waals surface area contributed by atoms with Gasteiger partial charge in [-0.1, -0.05) is 29.5 Å². The van der Waals surface area contributed by atoms with Crippen molar-refractivity contribution in [1.29, 1.82) is 0 Å². The smallest absolute Gasteiger partial charge is 0.341 e. The molecular formula is C22H24N4O3S2. The number of fused-ring (bicyclic) bond motifs is 1. The Balaban J connectivity index is 1.49. The first-order chi connectivity index (χ1) is 15.0. The Bertz CT molecular complexity index is 1120. The van der Waals surface area contributed by atoms with Crippen LogP contribution in [0.4, 0.5) is 5.00 Å². The zero-order valence-electron chi connectivity index (χ0n) is 17.7. The summed E-state index contributed by atoms with van der Waals surface area (Å²) in [4.78, 5) is 26.3. The first kappa shape index (κ1) is 21.6. The molecule has 31 heavy (non-hydrogen) atoms. The van der Waals surface area contributed by atoms with Crippen molar-refractivity contribution >= 4 is 40.0 Å². The largest absolute Gasteiger partial charge is 0.465 e. The van der Waals surface area contributed by atoms with Crippen LogP contribution in [0.1, 0.15) is 45.0 Å². The predicted molar refractivity (Wildman–Crippen MR) is 122 cm³/mol.